The fourth-order valence-corrected chi connectivity index (χ4v) is 2.93. The molecule has 0 bridgehead atoms. The van der Waals surface area contributed by atoms with Gasteiger partial charge in [-0.1, -0.05) is 0 Å². The van der Waals surface area contributed by atoms with Crippen LogP contribution in [-0.2, 0) is 4.74 Å². The molecule has 2 aromatic rings. The predicted molar refractivity (Wildman–Crippen MR) is 92.4 cm³/mol. The van der Waals surface area contributed by atoms with Crippen molar-refractivity contribution in [2.75, 3.05) is 46.5 Å². The van der Waals surface area contributed by atoms with Crippen LogP contribution in [0.3, 0.4) is 0 Å². The molecule has 1 saturated heterocycles. The molecule has 7 heteroatoms. The van der Waals surface area contributed by atoms with Gasteiger partial charge in [0.25, 0.3) is 5.91 Å². The van der Waals surface area contributed by atoms with E-state index in [1.54, 1.807) is 31.4 Å². The van der Waals surface area contributed by atoms with Gasteiger partial charge in [-0.05, 0) is 24.3 Å². The predicted octanol–water partition coefficient (Wildman–Crippen LogP) is -0.163. The second-order valence-corrected chi connectivity index (χ2v) is 6.07. The smallest absolute Gasteiger partial charge is 0.349 e. The Labute approximate surface area is 145 Å². The molecule has 25 heavy (non-hydrogen) atoms. The van der Waals surface area contributed by atoms with Crippen molar-refractivity contribution < 1.29 is 23.6 Å². The number of hydrogen-bond donors (Lipinski definition) is 2. The molecule has 0 spiro atoms. The Bertz CT molecular complexity index is 796. The van der Waals surface area contributed by atoms with Crippen molar-refractivity contribution in [3.05, 3.63) is 40.2 Å². The van der Waals surface area contributed by atoms with Crippen LogP contribution in [0.5, 0.6) is 5.75 Å². The van der Waals surface area contributed by atoms with Crippen LogP contribution in [-0.4, -0.2) is 52.4 Å². The van der Waals surface area contributed by atoms with Crippen molar-refractivity contribution in [3.63, 3.8) is 0 Å². The lowest BCUT2D eigenvalue weighted by Crippen LogP contribution is -3.14. The first kappa shape index (κ1) is 17.4. The number of amides is 1. The third kappa shape index (κ3) is 4.37. The molecule has 1 fully saturated rings. The fraction of sp³-hybridized carbons (Fsp3) is 0.444. The number of carbonyl (C=O) groups is 1. The van der Waals surface area contributed by atoms with Crippen molar-refractivity contribution in [2.24, 2.45) is 0 Å². The summed E-state index contributed by atoms with van der Waals surface area (Å²) in [4.78, 5) is 25.8. The van der Waals surface area contributed by atoms with Gasteiger partial charge in [0, 0.05) is 18.4 Å². The van der Waals surface area contributed by atoms with Crippen LogP contribution in [0, 0.1) is 0 Å². The van der Waals surface area contributed by atoms with E-state index in [0.717, 1.165) is 39.3 Å². The number of benzene rings is 1. The Morgan fingerprint density at radius 1 is 1.28 bits per heavy atom. The zero-order valence-corrected chi connectivity index (χ0v) is 14.3. The standard InChI is InChI=1S/C18H22N2O5/c1-23-14-3-4-16-13(11-14)12-15(18(22)25-16)17(21)19-5-2-6-20-7-9-24-10-8-20/h3-4,11-12H,2,5-10H2,1H3,(H,19,21)/p+1. The highest BCUT2D eigenvalue weighted by Gasteiger charge is 2.15. The van der Waals surface area contributed by atoms with Gasteiger partial charge in [-0.2, -0.15) is 0 Å². The average Bonchev–Trinajstić information content (AvgIpc) is 2.65. The van der Waals surface area contributed by atoms with Crippen molar-refractivity contribution in [1.29, 1.82) is 0 Å². The molecule has 2 heterocycles. The first-order valence-corrected chi connectivity index (χ1v) is 8.49. The second-order valence-electron chi connectivity index (χ2n) is 6.07. The second kappa shape index (κ2) is 8.13. The third-order valence-corrected chi connectivity index (χ3v) is 4.38. The number of fused-ring (bicyclic) bond motifs is 1. The van der Waals surface area contributed by atoms with E-state index >= 15 is 0 Å². The summed E-state index contributed by atoms with van der Waals surface area (Å²) in [6.07, 6.45) is 0.855. The summed E-state index contributed by atoms with van der Waals surface area (Å²) < 4.78 is 15.7. The lowest BCUT2D eigenvalue weighted by Gasteiger charge is -2.23. The Morgan fingerprint density at radius 2 is 2.08 bits per heavy atom. The Kier molecular flexibility index (Phi) is 5.67. The molecule has 0 atom stereocenters. The van der Waals surface area contributed by atoms with Gasteiger partial charge < -0.3 is 24.1 Å². The summed E-state index contributed by atoms with van der Waals surface area (Å²) >= 11 is 0. The molecule has 0 radical (unpaired) electrons. The minimum absolute atomic E-state index is 0.0134. The monoisotopic (exact) mass is 347 g/mol. The van der Waals surface area contributed by atoms with Crippen LogP contribution in [0.4, 0.5) is 0 Å². The number of quaternary nitrogens is 1. The molecule has 1 aromatic heterocycles. The van der Waals surface area contributed by atoms with Crippen molar-refractivity contribution in [1.82, 2.24) is 5.32 Å². The number of methoxy groups -OCH3 is 1. The molecular weight excluding hydrogens is 324 g/mol. The number of rotatable bonds is 6. The number of hydrogen-bond acceptors (Lipinski definition) is 5. The van der Waals surface area contributed by atoms with Crippen LogP contribution in [0.15, 0.2) is 33.5 Å². The third-order valence-electron chi connectivity index (χ3n) is 4.38. The first-order valence-electron chi connectivity index (χ1n) is 8.49. The van der Waals surface area contributed by atoms with Crippen LogP contribution < -0.4 is 20.6 Å². The molecule has 3 rings (SSSR count). The maximum absolute atomic E-state index is 12.3. The molecule has 1 aromatic carbocycles. The van der Waals surface area contributed by atoms with Gasteiger partial charge in [0.15, 0.2) is 0 Å². The average molecular weight is 347 g/mol. The molecule has 2 N–H and O–H groups in total. The SMILES string of the molecule is COc1ccc2oc(=O)c(C(=O)NCCC[NH+]3CCOCC3)cc2c1. The van der Waals surface area contributed by atoms with Gasteiger partial charge in [-0.3, -0.25) is 4.79 Å². The molecule has 1 aliphatic rings. The molecule has 0 saturated carbocycles. The normalized spacial score (nSPS) is 15.2. The molecule has 0 aliphatic carbocycles. The molecule has 134 valence electrons. The van der Waals surface area contributed by atoms with Crippen molar-refractivity contribution in [3.8, 4) is 5.75 Å². The van der Waals surface area contributed by atoms with E-state index < -0.39 is 11.5 Å². The van der Waals surface area contributed by atoms with Crippen molar-refractivity contribution >= 4 is 16.9 Å². The van der Waals surface area contributed by atoms with E-state index in [-0.39, 0.29) is 5.56 Å². The van der Waals surface area contributed by atoms with E-state index in [4.69, 9.17) is 13.9 Å². The fourth-order valence-electron chi connectivity index (χ4n) is 2.93. The molecule has 1 aliphatic heterocycles. The van der Waals surface area contributed by atoms with Crippen LogP contribution in [0.25, 0.3) is 11.0 Å². The molecule has 0 unspecified atom stereocenters. The van der Waals surface area contributed by atoms with Gasteiger partial charge in [0.2, 0.25) is 0 Å². The zero-order chi connectivity index (χ0) is 17.6. The number of ether oxygens (including phenoxy) is 2. The number of carbonyl (C=O) groups excluding carboxylic acids is 1. The van der Waals surface area contributed by atoms with Gasteiger partial charge in [0.05, 0.1) is 26.9 Å². The quantitative estimate of drug-likeness (QED) is 0.560. The first-order chi connectivity index (χ1) is 12.2. The van der Waals surface area contributed by atoms with Gasteiger partial charge in [-0.15, -0.1) is 0 Å². The highest BCUT2D eigenvalue weighted by molar-refractivity contribution is 5.96. The van der Waals surface area contributed by atoms with Gasteiger partial charge >= 0.3 is 5.63 Å². The van der Waals surface area contributed by atoms with Crippen LogP contribution in [0.2, 0.25) is 0 Å². The lowest BCUT2D eigenvalue weighted by molar-refractivity contribution is -0.908. The summed E-state index contributed by atoms with van der Waals surface area (Å²) in [5, 5.41) is 3.45. The van der Waals surface area contributed by atoms with E-state index in [9.17, 15) is 9.59 Å². The van der Waals surface area contributed by atoms with Gasteiger partial charge in [0.1, 0.15) is 30.0 Å². The largest absolute Gasteiger partial charge is 0.497 e. The molecule has 1 amide bonds. The Morgan fingerprint density at radius 3 is 2.84 bits per heavy atom. The highest BCUT2D eigenvalue weighted by Crippen LogP contribution is 2.20. The summed E-state index contributed by atoms with van der Waals surface area (Å²) in [5.41, 5.74) is -0.188. The Hall–Kier alpha value is -2.38. The topological polar surface area (TPSA) is 82.2 Å². The van der Waals surface area contributed by atoms with E-state index in [1.165, 1.54) is 4.90 Å². The minimum Gasteiger partial charge on any atom is -0.497 e. The van der Waals surface area contributed by atoms with Gasteiger partial charge in [-0.25, -0.2) is 4.79 Å². The number of nitrogens with one attached hydrogen (secondary N) is 2. The maximum atomic E-state index is 12.3. The Balaban J connectivity index is 1.60. The summed E-state index contributed by atoms with van der Waals surface area (Å²) in [6, 6.07) is 6.64. The summed E-state index contributed by atoms with van der Waals surface area (Å²) in [7, 11) is 1.56. The van der Waals surface area contributed by atoms with Crippen molar-refractivity contribution in [2.45, 2.75) is 6.42 Å². The minimum atomic E-state index is -0.631. The molecule has 7 nitrogen and oxygen atoms in total. The zero-order valence-electron chi connectivity index (χ0n) is 14.3. The molecular formula is C18H23N2O5+. The summed E-state index contributed by atoms with van der Waals surface area (Å²) in [6.45, 7) is 5.10. The lowest BCUT2D eigenvalue weighted by atomic mass is 10.1. The van der Waals surface area contributed by atoms with Crippen LogP contribution in [0.1, 0.15) is 16.8 Å². The number of morpholine rings is 1. The maximum Gasteiger partial charge on any atom is 0.349 e. The van der Waals surface area contributed by atoms with Crippen LogP contribution >= 0.6 is 0 Å². The van der Waals surface area contributed by atoms with E-state index in [0.29, 0.717) is 23.3 Å². The highest BCUT2D eigenvalue weighted by atomic mass is 16.5. The van der Waals surface area contributed by atoms with E-state index in [1.807, 2.05) is 0 Å². The van der Waals surface area contributed by atoms with E-state index in [2.05, 4.69) is 5.32 Å². The summed E-state index contributed by atoms with van der Waals surface area (Å²) in [5.74, 6) is 0.233.